The summed E-state index contributed by atoms with van der Waals surface area (Å²) in [6.45, 7) is 7.38. The summed E-state index contributed by atoms with van der Waals surface area (Å²) in [6, 6.07) is 0.604. The molecule has 2 heterocycles. The van der Waals surface area contributed by atoms with Gasteiger partial charge in [0.25, 0.3) is 0 Å². The van der Waals surface area contributed by atoms with Crippen LogP contribution in [-0.2, 0) is 13.1 Å². The summed E-state index contributed by atoms with van der Waals surface area (Å²) in [7, 11) is 0. The summed E-state index contributed by atoms with van der Waals surface area (Å²) in [5, 5.41) is 16.5. The molecule has 1 atom stereocenters. The molecule has 19 heavy (non-hydrogen) atoms. The molecule has 0 aliphatic carbocycles. The van der Waals surface area contributed by atoms with Gasteiger partial charge in [0, 0.05) is 30.9 Å². The third-order valence-electron chi connectivity index (χ3n) is 3.80. The van der Waals surface area contributed by atoms with Crippen molar-refractivity contribution in [3.8, 4) is 0 Å². The van der Waals surface area contributed by atoms with E-state index in [1.807, 2.05) is 12.4 Å². The van der Waals surface area contributed by atoms with Crippen molar-refractivity contribution in [2.24, 2.45) is 0 Å². The maximum atomic E-state index is 8.84. The molecule has 1 aromatic rings. The van der Waals surface area contributed by atoms with Gasteiger partial charge in [-0.25, -0.2) is 0 Å². The minimum absolute atomic E-state index is 0.139. The molecule has 2 N–H and O–H groups in total. The average Bonchev–Trinajstić information content (AvgIpc) is 2.88. The van der Waals surface area contributed by atoms with Gasteiger partial charge in [-0.3, -0.25) is 9.58 Å². The van der Waals surface area contributed by atoms with E-state index >= 15 is 0 Å². The van der Waals surface area contributed by atoms with Gasteiger partial charge in [-0.15, -0.1) is 0 Å². The SMILES string of the molecule is CC(CNCc1cnn(CCO)c1)N1CCCCC1. The predicted octanol–water partition coefficient (Wildman–Crippen LogP) is 0.839. The Morgan fingerprint density at radius 2 is 2.16 bits per heavy atom. The molecule has 2 rings (SSSR count). The number of nitrogens with one attached hydrogen (secondary N) is 1. The van der Waals surface area contributed by atoms with E-state index < -0.39 is 0 Å². The molecule has 0 radical (unpaired) electrons. The Hall–Kier alpha value is -0.910. The van der Waals surface area contributed by atoms with Gasteiger partial charge in [0.15, 0.2) is 0 Å². The van der Waals surface area contributed by atoms with Crippen molar-refractivity contribution >= 4 is 0 Å². The second-order valence-electron chi connectivity index (χ2n) is 5.41. The fourth-order valence-corrected chi connectivity index (χ4v) is 2.64. The van der Waals surface area contributed by atoms with Crippen molar-refractivity contribution in [1.82, 2.24) is 20.0 Å². The standard InChI is InChI=1S/C14H26N4O/c1-13(17-5-3-2-4-6-17)9-15-10-14-11-16-18(12-14)7-8-19/h11-13,15,19H,2-10H2,1H3. The topological polar surface area (TPSA) is 53.3 Å². The Labute approximate surface area is 115 Å². The first-order valence-electron chi connectivity index (χ1n) is 7.36. The maximum absolute atomic E-state index is 8.84. The van der Waals surface area contributed by atoms with Crippen molar-refractivity contribution in [3.63, 3.8) is 0 Å². The van der Waals surface area contributed by atoms with E-state index in [1.165, 1.54) is 37.9 Å². The lowest BCUT2D eigenvalue weighted by atomic mass is 10.1. The highest BCUT2D eigenvalue weighted by Gasteiger charge is 2.15. The van der Waals surface area contributed by atoms with Crippen LogP contribution in [-0.4, -0.2) is 52.1 Å². The van der Waals surface area contributed by atoms with Gasteiger partial charge in [-0.2, -0.15) is 5.10 Å². The molecular formula is C14H26N4O. The number of piperidine rings is 1. The number of aromatic nitrogens is 2. The summed E-state index contributed by atoms with van der Waals surface area (Å²) < 4.78 is 1.78. The lowest BCUT2D eigenvalue weighted by Crippen LogP contribution is -2.42. The number of aliphatic hydroxyl groups is 1. The van der Waals surface area contributed by atoms with Crippen LogP contribution in [0, 0.1) is 0 Å². The number of rotatable bonds is 7. The van der Waals surface area contributed by atoms with Gasteiger partial charge >= 0.3 is 0 Å². The van der Waals surface area contributed by atoms with E-state index in [0.717, 1.165) is 13.1 Å². The van der Waals surface area contributed by atoms with Gasteiger partial charge in [0.05, 0.1) is 19.3 Å². The highest BCUT2D eigenvalue weighted by atomic mass is 16.3. The Morgan fingerprint density at radius 3 is 2.89 bits per heavy atom. The van der Waals surface area contributed by atoms with E-state index in [-0.39, 0.29) is 6.61 Å². The van der Waals surface area contributed by atoms with Crippen LogP contribution in [0.15, 0.2) is 12.4 Å². The largest absolute Gasteiger partial charge is 0.394 e. The summed E-state index contributed by atoms with van der Waals surface area (Å²) in [4.78, 5) is 2.58. The lowest BCUT2D eigenvalue weighted by Gasteiger charge is -2.32. The Balaban J connectivity index is 1.67. The van der Waals surface area contributed by atoms with Crippen molar-refractivity contribution in [1.29, 1.82) is 0 Å². The quantitative estimate of drug-likeness (QED) is 0.768. The van der Waals surface area contributed by atoms with Crippen LogP contribution in [0.3, 0.4) is 0 Å². The van der Waals surface area contributed by atoms with E-state index in [2.05, 4.69) is 22.2 Å². The second-order valence-corrected chi connectivity index (χ2v) is 5.41. The molecule has 0 bridgehead atoms. The molecule has 1 saturated heterocycles. The third kappa shape index (κ3) is 4.60. The lowest BCUT2D eigenvalue weighted by molar-refractivity contribution is 0.170. The molecule has 1 aliphatic heterocycles. The molecule has 1 aliphatic rings. The van der Waals surface area contributed by atoms with Crippen LogP contribution in [0.5, 0.6) is 0 Å². The van der Waals surface area contributed by atoms with Gasteiger partial charge in [-0.05, 0) is 32.9 Å². The predicted molar refractivity (Wildman–Crippen MR) is 75.9 cm³/mol. The van der Waals surface area contributed by atoms with Crippen molar-refractivity contribution in [2.45, 2.75) is 45.3 Å². The first-order valence-corrected chi connectivity index (χ1v) is 7.36. The van der Waals surface area contributed by atoms with Gasteiger partial charge in [-0.1, -0.05) is 6.42 Å². The van der Waals surface area contributed by atoms with E-state index in [9.17, 15) is 0 Å². The Kier molecular flexibility index (Phi) is 5.82. The number of hydrogen-bond donors (Lipinski definition) is 2. The molecule has 0 saturated carbocycles. The monoisotopic (exact) mass is 266 g/mol. The normalized spacial score (nSPS) is 18.6. The van der Waals surface area contributed by atoms with E-state index in [4.69, 9.17) is 5.11 Å². The molecule has 0 spiro atoms. The molecule has 0 amide bonds. The summed E-state index contributed by atoms with van der Waals surface area (Å²) in [6.07, 6.45) is 7.94. The van der Waals surface area contributed by atoms with Gasteiger partial charge in [0.1, 0.15) is 0 Å². The van der Waals surface area contributed by atoms with Crippen LogP contribution >= 0.6 is 0 Å². The molecule has 108 valence electrons. The van der Waals surface area contributed by atoms with E-state index in [1.54, 1.807) is 4.68 Å². The average molecular weight is 266 g/mol. The van der Waals surface area contributed by atoms with Crippen LogP contribution in [0.2, 0.25) is 0 Å². The summed E-state index contributed by atoms with van der Waals surface area (Å²) in [5.74, 6) is 0. The van der Waals surface area contributed by atoms with Gasteiger partial charge < -0.3 is 10.4 Å². The molecule has 1 aromatic heterocycles. The molecule has 1 fully saturated rings. The van der Waals surface area contributed by atoms with E-state index in [0.29, 0.717) is 12.6 Å². The first-order chi connectivity index (χ1) is 9.29. The Bertz CT molecular complexity index is 360. The van der Waals surface area contributed by atoms with Crippen LogP contribution in [0.1, 0.15) is 31.7 Å². The highest BCUT2D eigenvalue weighted by Crippen LogP contribution is 2.11. The molecular weight excluding hydrogens is 240 g/mol. The van der Waals surface area contributed by atoms with Crippen LogP contribution < -0.4 is 5.32 Å². The summed E-state index contributed by atoms with van der Waals surface area (Å²) >= 11 is 0. The fraction of sp³-hybridized carbons (Fsp3) is 0.786. The zero-order valence-corrected chi connectivity index (χ0v) is 11.9. The minimum Gasteiger partial charge on any atom is -0.394 e. The smallest absolute Gasteiger partial charge is 0.0640 e. The molecule has 1 unspecified atom stereocenters. The number of nitrogens with zero attached hydrogens (tertiary/aromatic N) is 3. The number of aliphatic hydroxyl groups excluding tert-OH is 1. The van der Waals surface area contributed by atoms with Crippen LogP contribution in [0.4, 0.5) is 0 Å². The van der Waals surface area contributed by atoms with Gasteiger partial charge in [0.2, 0.25) is 0 Å². The minimum atomic E-state index is 0.139. The second kappa shape index (κ2) is 7.62. The maximum Gasteiger partial charge on any atom is 0.0640 e. The number of hydrogen-bond acceptors (Lipinski definition) is 4. The highest BCUT2D eigenvalue weighted by molar-refractivity contribution is 5.03. The summed E-state index contributed by atoms with van der Waals surface area (Å²) in [5.41, 5.74) is 1.18. The zero-order valence-electron chi connectivity index (χ0n) is 11.9. The van der Waals surface area contributed by atoms with Crippen molar-refractivity contribution in [3.05, 3.63) is 18.0 Å². The molecule has 5 heteroatoms. The molecule has 0 aromatic carbocycles. The first kappa shape index (κ1) is 14.5. The fourth-order valence-electron chi connectivity index (χ4n) is 2.64. The zero-order chi connectivity index (χ0) is 13.5. The Morgan fingerprint density at radius 1 is 1.37 bits per heavy atom. The third-order valence-corrected chi connectivity index (χ3v) is 3.80. The number of likely N-dealkylation sites (tertiary alicyclic amines) is 1. The molecule has 5 nitrogen and oxygen atoms in total. The van der Waals surface area contributed by atoms with Crippen LogP contribution in [0.25, 0.3) is 0 Å². The van der Waals surface area contributed by atoms with Crippen molar-refractivity contribution < 1.29 is 5.11 Å². The van der Waals surface area contributed by atoms with Crippen molar-refractivity contribution in [2.75, 3.05) is 26.2 Å².